The van der Waals surface area contributed by atoms with Crippen molar-refractivity contribution in [3.05, 3.63) is 101 Å². The van der Waals surface area contributed by atoms with Crippen LogP contribution in [0.3, 0.4) is 0 Å². The Morgan fingerprint density at radius 2 is 1.62 bits per heavy atom. The Hall–Kier alpha value is -3.31. The zero-order chi connectivity index (χ0) is 24.5. The summed E-state index contributed by atoms with van der Waals surface area (Å²) >= 11 is 5.95. The van der Waals surface area contributed by atoms with Crippen molar-refractivity contribution in [1.82, 2.24) is 10.2 Å². The Kier molecular flexibility index (Phi) is 9.11. The van der Waals surface area contributed by atoms with E-state index in [0.717, 1.165) is 16.7 Å². The molecule has 0 aliphatic rings. The van der Waals surface area contributed by atoms with Gasteiger partial charge in [-0.15, -0.1) is 0 Å². The molecule has 0 fully saturated rings. The summed E-state index contributed by atoms with van der Waals surface area (Å²) in [5.74, 6) is 0.0853. The molecule has 0 saturated heterocycles. The molecule has 0 unspecified atom stereocenters. The number of carbonyl (C=O) groups is 2. The van der Waals surface area contributed by atoms with Gasteiger partial charge < -0.3 is 15.0 Å². The van der Waals surface area contributed by atoms with Crippen LogP contribution in [-0.4, -0.2) is 35.4 Å². The molecule has 3 aromatic rings. The molecule has 1 atom stereocenters. The lowest BCUT2D eigenvalue weighted by atomic mass is 10.0. The molecule has 178 valence electrons. The van der Waals surface area contributed by atoms with Crippen molar-refractivity contribution in [2.75, 3.05) is 6.61 Å². The quantitative estimate of drug-likeness (QED) is 0.436. The number of amides is 2. The maximum Gasteiger partial charge on any atom is 0.261 e. The highest BCUT2D eigenvalue weighted by Gasteiger charge is 2.31. The van der Waals surface area contributed by atoms with E-state index in [1.807, 2.05) is 75.4 Å². The minimum Gasteiger partial charge on any atom is -0.484 e. The van der Waals surface area contributed by atoms with E-state index in [4.69, 9.17) is 16.3 Å². The lowest BCUT2D eigenvalue weighted by molar-refractivity contribution is -0.143. The SMILES string of the molecule is Cc1cccc(CN(C(=O)COc2ccc(Cl)cc2)[C@@H](Cc2ccccc2)C(=O)NC(C)C)c1. The molecule has 0 radical (unpaired) electrons. The molecule has 34 heavy (non-hydrogen) atoms. The van der Waals surface area contributed by atoms with Crippen LogP contribution in [0.4, 0.5) is 0 Å². The first kappa shape index (κ1) is 25.3. The molecule has 0 bridgehead atoms. The van der Waals surface area contributed by atoms with E-state index in [0.29, 0.717) is 23.7 Å². The van der Waals surface area contributed by atoms with Gasteiger partial charge in [0.05, 0.1) is 0 Å². The molecule has 0 aromatic heterocycles. The first-order chi connectivity index (χ1) is 16.3. The van der Waals surface area contributed by atoms with Gasteiger partial charge in [-0.3, -0.25) is 9.59 Å². The zero-order valence-corrected chi connectivity index (χ0v) is 20.6. The van der Waals surface area contributed by atoms with E-state index in [1.165, 1.54) is 0 Å². The average molecular weight is 479 g/mol. The number of halogens is 1. The summed E-state index contributed by atoms with van der Waals surface area (Å²) in [5, 5.41) is 3.58. The Labute approximate surface area is 206 Å². The van der Waals surface area contributed by atoms with Gasteiger partial charge in [0.25, 0.3) is 5.91 Å². The van der Waals surface area contributed by atoms with E-state index >= 15 is 0 Å². The molecular formula is C28H31ClN2O3. The maximum atomic E-state index is 13.5. The normalized spacial score (nSPS) is 11.7. The van der Waals surface area contributed by atoms with Crippen LogP contribution in [0.15, 0.2) is 78.9 Å². The summed E-state index contributed by atoms with van der Waals surface area (Å²) in [6.07, 6.45) is 0.401. The van der Waals surface area contributed by atoms with Crippen LogP contribution in [-0.2, 0) is 22.6 Å². The van der Waals surface area contributed by atoms with E-state index in [-0.39, 0.29) is 24.5 Å². The Balaban J connectivity index is 1.90. The lowest BCUT2D eigenvalue weighted by Gasteiger charge is -2.32. The molecule has 1 N–H and O–H groups in total. The van der Waals surface area contributed by atoms with E-state index < -0.39 is 6.04 Å². The minimum absolute atomic E-state index is 0.0491. The molecule has 3 aromatic carbocycles. The number of ether oxygens (including phenoxy) is 1. The second kappa shape index (κ2) is 12.2. The largest absolute Gasteiger partial charge is 0.484 e. The van der Waals surface area contributed by atoms with Gasteiger partial charge in [-0.1, -0.05) is 71.8 Å². The molecule has 0 heterocycles. The number of nitrogens with one attached hydrogen (secondary N) is 1. The van der Waals surface area contributed by atoms with Crippen LogP contribution in [0.1, 0.15) is 30.5 Å². The van der Waals surface area contributed by atoms with Crippen LogP contribution >= 0.6 is 11.6 Å². The zero-order valence-electron chi connectivity index (χ0n) is 19.8. The monoisotopic (exact) mass is 478 g/mol. The molecule has 0 saturated carbocycles. The Morgan fingerprint density at radius 3 is 2.26 bits per heavy atom. The minimum atomic E-state index is -0.688. The van der Waals surface area contributed by atoms with Gasteiger partial charge in [0.2, 0.25) is 5.91 Å². The molecule has 0 aliphatic heterocycles. The Bertz CT molecular complexity index is 1080. The predicted molar refractivity (Wildman–Crippen MR) is 136 cm³/mol. The van der Waals surface area contributed by atoms with Crippen LogP contribution in [0.25, 0.3) is 0 Å². The van der Waals surface area contributed by atoms with Crippen LogP contribution < -0.4 is 10.1 Å². The highest BCUT2D eigenvalue weighted by Crippen LogP contribution is 2.18. The number of rotatable bonds is 10. The molecule has 6 heteroatoms. The van der Waals surface area contributed by atoms with Crippen LogP contribution in [0.2, 0.25) is 5.02 Å². The fraction of sp³-hybridized carbons (Fsp3) is 0.286. The second-order valence-electron chi connectivity index (χ2n) is 8.62. The van der Waals surface area contributed by atoms with Gasteiger partial charge in [0, 0.05) is 24.0 Å². The topological polar surface area (TPSA) is 58.6 Å². The summed E-state index contributed by atoms with van der Waals surface area (Å²) in [4.78, 5) is 28.4. The number of benzene rings is 3. The van der Waals surface area contributed by atoms with Crippen LogP contribution in [0, 0.1) is 6.92 Å². The van der Waals surface area contributed by atoms with Gasteiger partial charge in [0.15, 0.2) is 6.61 Å². The van der Waals surface area contributed by atoms with Crippen molar-refractivity contribution in [2.24, 2.45) is 0 Å². The smallest absolute Gasteiger partial charge is 0.261 e. The third kappa shape index (κ3) is 7.63. The fourth-order valence-electron chi connectivity index (χ4n) is 3.70. The first-order valence-corrected chi connectivity index (χ1v) is 11.8. The summed E-state index contributed by atoms with van der Waals surface area (Å²) in [5.41, 5.74) is 3.02. The summed E-state index contributed by atoms with van der Waals surface area (Å²) in [7, 11) is 0. The molecule has 3 rings (SSSR count). The number of nitrogens with zero attached hydrogens (tertiary/aromatic N) is 1. The predicted octanol–water partition coefficient (Wildman–Crippen LogP) is 5.19. The number of carbonyl (C=O) groups excluding carboxylic acids is 2. The van der Waals surface area contributed by atoms with E-state index in [9.17, 15) is 9.59 Å². The van der Waals surface area contributed by atoms with Gasteiger partial charge in [-0.25, -0.2) is 0 Å². The average Bonchev–Trinajstić information content (AvgIpc) is 2.81. The van der Waals surface area contributed by atoms with Gasteiger partial charge >= 0.3 is 0 Å². The van der Waals surface area contributed by atoms with E-state index in [1.54, 1.807) is 29.2 Å². The van der Waals surface area contributed by atoms with Gasteiger partial charge in [-0.05, 0) is 56.2 Å². The van der Waals surface area contributed by atoms with Gasteiger partial charge in [-0.2, -0.15) is 0 Å². The van der Waals surface area contributed by atoms with Crippen molar-refractivity contribution in [3.8, 4) is 5.75 Å². The molecule has 5 nitrogen and oxygen atoms in total. The Morgan fingerprint density at radius 1 is 0.941 bits per heavy atom. The van der Waals surface area contributed by atoms with Crippen LogP contribution in [0.5, 0.6) is 5.75 Å². The fourth-order valence-corrected chi connectivity index (χ4v) is 3.83. The number of hydrogen-bond acceptors (Lipinski definition) is 3. The second-order valence-corrected chi connectivity index (χ2v) is 9.06. The van der Waals surface area contributed by atoms with Crippen molar-refractivity contribution < 1.29 is 14.3 Å². The molecule has 0 spiro atoms. The van der Waals surface area contributed by atoms with Crippen molar-refractivity contribution in [1.29, 1.82) is 0 Å². The van der Waals surface area contributed by atoms with Crippen molar-refractivity contribution in [2.45, 2.75) is 45.8 Å². The number of aryl methyl sites for hydroxylation is 1. The summed E-state index contributed by atoms with van der Waals surface area (Å²) in [6.45, 7) is 5.94. The third-order valence-electron chi connectivity index (χ3n) is 5.31. The standard InChI is InChI=1S/C28H31ClN2O3/c1-20(2)30-28(33)26(17-22-9-5-4-6-10-22)31(18-23-11-7-8-21(3)16-23)27(32)19-34-25-14-12-24(29)13-15-25/h4-16,20,26H,17-19H2,1-3H3,(H,30,33)/t26-/m0/s1. The third-order valence-corrected chi connectivity index (χ3v) is 5.57. The molecular weight excluding hydrogens is 448 g/mol. The van der Waals surface area contributed by atoms with Gasteiger partial charge in [0.1, 0.15) is 11.8 Å². The summed E-state index contributed by atoms with van der Waals surface area (Å²) in [6, 6.07) is 23.8. The van der Waals surface area contributed by atoms with Crippen molar-refractivity contribution in [3.63, 3.8) is 0 Å². The maximum absolute atomic E-state index is 13.5. The molecule has 0 aliphatic carbocycles. The van der Waals surface area contributed by atoms with Crippen molar-refractivity contribution >= 4 is 23.4 Å². The lowest BCUT2D eigenvalue weighted by Crippen LogP contribution is -2.52. The first-order valence-electron chi connectivity index (χ1n) is 11.4. The number of hydrogen-bond donors (Lipinski definition) is 1. The highest BCUT2D eigenvalue weighted by atomic mass is 35.5. The highest BCUT2D eigenvalue weighted by molar-refractivity contribution is 6.30. The molecule has 2 amide bonds. The van der Waals surface area contributed by atoms with E-state index in [2.05, 4.69) is 5.32 Å². The summed E-state index contributed by atoms with van der Waals surface area (Å²) < 4.78 is 5.74.